The van der Waals surface area contributed by atoms with Gasteiger partial charge in [0.2, 0.25) is 0 Å². The number of hydrogen-bond donors (Lipinski definition) is 0. The fourth-order valence-electron chi connectivity index (χ4n) is 1.80. The second-order valence-electron chi connectivity index (χ2n) is 4.58. The normalized spacial score (nSPS) is 25.4. The second kappa shape index (κ2) is 5.61. The highest BCUT2D eigenvalue weighted by atomic mass is 16.5. The van der Waals surface area contributed by atoms with Gasteiger partial charge in [0.25, 0.3) is 0 Å². The lowest BCUT2D eigenvalue weighted by Gasteiger charge is -2.30. The summed E-state index contributed by atoms with van der Waals surface area (Å²) in [6.45, 7) is 7.71. The van der Waals surface area contributed by atoms with Crippen LogP contribution in [0.3, 0.4) is 0 Å². The van der Waals surface area contributed by atoms with Gasteiger partial charge < -0.3 is 9.64 Å². The van der Waals surface area contributed by atoms with Crippen LogP contribution in [0.15, 0.2) is 0 Å². The van der Waals surface area contributed by atoms with E-state index in [0.29, 0.717) is 6.10 Å². The van der Waals surface area contributed by atoms with Gasteiger partial charge in [-0.25, -0.2) is 0 Å². The molecule has 0 aromatic carbocycles. The van der Waals surface area contributed by atoms with Gasteiger partial charge in [0.05, 0.1) is 12.7 Å². The van der Waals surface area contributed by atoms with Crippen molar-refractivity contribution in [3.05, 3.63) is 0 Å². The fraction of sp³-hybridized carbons (Fsp3) is 1.00. The van der Waals surface area contributed by atoms with Gasteiger partial charge in [-0.2, -0.15) is 0 Å². The van der Waals surface area contributed by atoms with E-state index < -0.39 is 0 Å². The van der Waals surface area contributed by atoms with E-state index in [1.54, 1.807) is 0 Å². The fourth-order valence-corrected chi connectivity index (χ4v) is 1.80. The first-order valence-electron chi connectivity index (χ1n) is 5.48. The predicted octanol–water partition coefficient (Wildman–Crippen LogP) is 2.14. The summed E-state index contributed by atoms with van der Waals surface area (Å²) in [5, 5.41) is 0. The zero-order valence-electron chi connectivity index (χ0n) is 9.25. The molecule has 1 aliphatic rings. The molecule has 1 saturated heterocycles. The van der Waals surface area contributed by atoms with Crippen LogP contribution in [0, 0.1) is 5.92 Å². The molecule has 1 fully saturated rings. The average molecular weight is 185 g/mol. The maximum atomic E-state index is 5.69. The minimum absolute atomic E-state index is 0.498. The Morgan fingerprint density at radius 1 is 1.46 bits per heavy atom. The Hall–Kier alpha value is -0.0800. The Kier molecular flexibility index (Phi) is 4.74. The van der Waals surface area contributed by atoms with Crippen LogP contribution in [0.25, 0.3) is 0 Å². The van der Waals surface area contributed by atoms with Gasteiger partial charge in [0, 0.05) is 13.1 Å². The standard InChI is InChI=1S/C11H23NO/c1-10(2)5-4-6-11-9-12(3)7-8-13-11/h10-11H,4-9H2,1-3H3. The molecule has 0 radical (unpaired) electrons. The summed E-state index contributed by atoms with van der Waals surface area (Å²) < 4.78 is 5.69. The Labute approximate surface area is 82.3 Å². The summed E-state index contributed by atoms with van der Waals surface area (Å²) in [5.74, 6) is 0.835. The first kappa shape index (κ1) is 11.0. The lowest BCUT2D eigenvalue weighted by atomic mass is 10.0. The lowest BCUT2D eigenvalue weighted by Crippen LogP contribution is -2.39. The maximum Gasteiger partial charge on any atom is 0.0702 e. The Morgan fingerprint density at radius 3 is 2.85 bits per heavy atom. The molecule has 0 spiro atoms. The van der Waals surface area contributed by atoms with Gasteiger partial charge in [-0.1, -0.05) is 26.7 Å². The van der Waals surface area contributed by atoms with E-state index in [1.807, 2.05) is 0 Å². The van der Waals surface area contributed by atoms with Gasteiger partial charge in [-0.05, 0) is 19.4 Å². The van der Waals surface area contributed by atoms with E-state index in [-0.39, 0.29) is 0 Å². The SMILES string of the molecule is CC(C)CCCC1CN(C)CCO1. The first-order chi connectivity index (χ1) is 6.18. The van der Waals surface area contributed by atoms with Crippen molar-refractivity contribution in [2.75, 3.05) is 26.7 Å². The predicted molar refractivity (Wildman–Crippen MR) is 55.9 cm³/mol. The number of ether oxygens (including phenoxy) is 1. The molecule has 78 valence electrons. The zero-order valence-corrected chi connectivity index (χ0v) is 9.25. The third kappa shape index (κ3) is 4.63. The number of likely N-dealkylation sites (N-methyl/N-ethyl adjacent to an activating group) is 1. The van der Waals surface area contributed by atoms with Crippen molar-refractivity contribution in [1.29, 1.82) is 0 Å². The summed E-state index contributed by atoms with van der Waals surface area (Å²) in [7, 11) is 2.18. The highest BCUT2D eigenvalue weighted by Crippen LogP contribution is 2.13. The van der Waals surface area contributed by atoms with Crippen LogP contribution in [0.1, 0.15) is 33.1 Å². The summed E-state index contributed by atoms with van der Waals surface area (Å²) in [6, 6.07) is 0. The molecule has 0 aromatic rings. The molecular weight excluding hydrogens is 162 g/mol. The van der Waals surface area contributed by atoms with Crippen molar-refractivity contribution >= 4 is 0 Å². The zero-order chi connectivity index (χ0) is 9.68. The highest BCUT2D eigenvalue weighted by molar-refractivity contribution is 4.68. The number of hydrogen-bond acceptors (Lipinski definition) is 2. The molecule has 2 heteroatoms. The maximum absolute atomic E-state index is 5.69. The molecular formula is C11H23NO. The lowest BCUT2D eigenvalue weighted by molar-refractivity contribution is -0.0245. The topological polar surface area (TPSA) is 12.5 Å². The monoisotopic (exact) mass is 185 g/mol. The van der Waals surface area contributed by atoms with Crippen LogP contribution in [0.2, 0.25) is 0 Å². The van der Waals surface area contributed by atoms with Crippen LogP contribution in [0.4, 0.5) is 0 Å². The number of rotatable bonds is 4. The third-order valence-corrected chi connectivity index (χ3v) is 2.65. The molecule has 0 N–H and O–H groups in total. The van der Waals surface area contributed by atoms with E-state index in [2.05, 4.69) is 25.8 Å². The molecule has 1 heterocycles. The second-order valence-corrected chi connectivity index (χ2v) is 4.58. The largest absolute Gasteiger partial charge is 0.376 e. The summed E-state index contributed by atoms with van der Waals surface area (Å²) >= 11 is 0. The summed E-state index contributed by atoms with van der Waals surface area (Å²) in [5.41, 5.74) is 0. The van der Waals surface area contributed by atoms with Crippen molar-refractivity contribution in [2.45, 2.75) is 39.2 Å². The highest BCUT2D eigenvalue weighted by Gasteiger charge is 2.16. The van der Waals surface area contributed by atoms with Crippen molar-refractivity contribution in [1.82, 2.24) is 4.90 Å². The average Bonchev–Trinajstić information content (AvgIpc) is 2.03. The van der Waals surface area contributed by atoms with E-state index in [0.717, 1.165) is 25.6 Å². The first-order valence-corrected chi connectivity index (χ1v) is 5.48. The van der Waals surface area contributed by atoms with Crippen LogP contribution in [-0.4, -0.2) is 37.7 Å². The van der Waals surface area contributed by atoms with E-state index in [9.17, 15) is 0 Å². The Balaban J connectivity index is 2.06. The molecule has 1 aliphatic heterocycles. The molecule has 1 rings (SSSR count). The van der Waals surface area contributed by atoms with Gasteiger partial charge >= 0.3 is 0 Å². The van der Waals surface area contributed by atoms with Gasteiger partial charge in [0.15, 0.2) is 0 Å². The molecule has 2 nitrogen and oxygen atoms in total. The van der Waals surface area contributed by atoms with Crippen molar-refractivity contribution in [3.8, 4) is 0 Å². The molecule has 0 bridgehead atoms. The molecule has 0 amide bonds. The van der Waals surface area contributed by atoms with Crippen LogP contribution >= 0.6 is 0 Å². The van der Waals surface area contributed by atoms with Crippen molar-refractivity contribution in [2.24, 2.45) is 5.92 Å². The minimum Gasteiger partial charge on any atom is -0.376 e. The van der Waals surface area contributed by atoms with Gasteiger partial charge in [-0.3, -0.25) is 0 Å². The molecule has 1 atom stereocenters. The van der Waals surface area contributed by atoms with E-state index in [4.69, 9.17) is 4.74 Å². The van der Waals surface area contributed by atoms with Crippen molar-refractivity contribution < 1.29 is 4.74 Å². The smallest absolute Gasteiger partial charge is 0.0702 e. The quantitative estimate of drug-likeness (QED) is 0.665. The van der Waals surface area contributed by atoms with Gasteiger partial charge in [0.1, 0.15) is 0 Å². The minimum atomic E-state index is 0.498. The third-order valence-electron chi connectivity index (χ3n) is 2.65. The van der Waals surface area contributed by atoms with Crippen LogP contribution < -0.4 is 0 Å². The molecule has 13 heavy (non-hydrogen) atoms. The van der Waals surface area contributed by atoms with E-state index in [1.165, 1.54) is 19.3 Å². The van der Waals surface area contributed by atoms with Crippen LogP contribution in [0.5, 0.6) is 0 Å². The van der Waals surface area contributed by atoms with E-state index >= 15 is 0 Å². The molecule has 0 aromatic heterocycles. The number of nitrogens with zero attached hydrogens (tertiary/aromatic N) is 1. The number of morpholine rings is 1. The Morgan fingerprint density at radius 2 is 2.23 bits per heavy atom. The molecule has 0 saturated carbocycles. The summed E-state index contributed by atoms with van der Waals surface area (Å²) in [4.78, 5) is 2.36. The van der Waals surface area contributed by atoms with Gasteiger partial charge in [-0.15, -0.1) is 0 Å². The molecule has 1 unspecified atom stereocenters. The molecule has 0 aliphatic carbocycles. The van der Waals surface area contributed by atoms with Crippen molar-refractivity contribution in [3.63, 3.8) is 0 Å². The van der Waals surface area contributed by atoms with Crippen LogP contribution in [-0.2, 0) is 4.74 Å². The summed E-state index contributed by atoms with van der Waals surface area (Å²) in [6.07, 6.45) is 4.39. The Bertz CT molecular complexity index is 136.